The van der Waals surface area contributed by atoms with E-state index in [0.717, 1.165) is 24.6 Å². The molecule has 28 heavy (non-hydrogen) atoms. The molecule has 0 unspecified atom stereocenters. The van der Waals surface area contributed by atoms with Gasteiger partial charge in [-0.05, 0) is 55.9 Å². The normalized spacial score (nSPS) is 11.2. The predicted molar refractivity (Wildman–Crippen MR) is 105 cm³/mol. The number of halogens is 4. The minimum absolute atomic E-state index is 0. The van der Waals surface area contributed by atoms with Crippen molar-refractivity contribution < 1.29 is 17.9 Å². The Morgan fingerprint density at radius 1 is 1.04 bits per heavy atom. The molecule has 0 aliphatic heterocycles. The molecule has 0 aliphatic rings. The van der Waals surface area contributed by atoms with Crippen LogP contribution in [-0.4, -0.2) is 30.5 Å². The third-order valence-electron chi connectivity index (χ3n) is 4.23. The molecule has 3 aromatic rings. The zero-order valence-electron chi connectivity index (χ0n) is 15.5. The molecular weight excluding hydrogens is 391 g/mol. The lowest BCUT2D eigenvalue weighted by Gasteiger charge is -2.09. The van der Waals surface area contributed by atoms with Crippen LogP contribution in [0.2, 0.25) is 0 Å². The SMILES string of the molecule is CNCCc1ccc(-c2cc(C(F)(F)F)nn2-c2ccc(OC)cc2)cc1.Cl. The maximum atomic E-state index is 13.2. The monoisotopic (exact) mass is 411 g/mol. The lowest BCUT2D eigenvalue weighted by molar-refractivity contribution is -0.141. The average molecular weight is 412 g/mol. The van der Waals surface area contributed by atoms with Crippen LogP contribution in [0.15, 0.2) is 54.6 Å². The zero-order valence-corrected chi connectivity index (χ0v) is 16.3. The summed E-state index contributed by atoms with van der Waals surface area (Å²) in [6.07, 6.45) is -3.67. The predicted octanol–water partition coefficient (Wildman–Crippen LogP) is 4.75. The van der Waals surface area contributed by atoms with Crippen molar-refractivity contribution in [3.63, 3.8) is 0 Å². The van der Waals surface area contributed by atoms with Crippen LogP contribution in [0.3, 0.4) is 0 Å². The van der Waals surface area contributed by atoms with Crippen LogP contribution in [0.25, 0.3) is 16.9 Å². The van der Waals surface area contributed by atoms with E-state index in [-0.39, 0.29) is 12.4 Å². The molecule has 0 bridgehead atoms. The van der Waals surface area contributed by atoms with Crippen molar-refractivity contribution in [2.24, 2.45) is 0 Å². The van der Waals surface area contributed by atoms with Crippen molar-refractivity contribution in [1.29, 1.82) is 0 Å². The summed E-state index contributed by atoms with van der Waals surface area (Å²) >= 11 is 0. The number of aromatic nitrogens is 2. The van der Waals surface area contributed by atoms with Gasteiger partial charge in [-0.2, -0.15) is 18.3 Å². The molecular formula is C20H21ClF3N3O. The van der Waals surface area contributed by atoms with Crippen molar-refractivity contribution in [3.05, 3.63) is 65.9 Å². The van der Waals surface area contributed by atoms with Crippen LogP contribution in [0.5, 0.6) is 5.75 Å². The van der Waals surface area contributed by atoms with Gasteiger partial charge in [0.25, 0.3) is 0 Å². The summed E-state index contributed by atoms with van der Waals surface area (Å²) < 4.78 is 46.1. The molecule has 3 rings (SSSR count). The van der Waals surface area contributed by atoms with Gasteiger partial charge < -0.3 is 10.1 Å². The van der Waals surface area contributed by atoms with Gasteiger partial charge >= 0.3 is 6.18 Å². The number of nitrogens with zero attached hydrogens (tertiary/aromatic N) is 2. The van der Waals surface area contributed by atoms with E-state index in [1.165, 1.54) is 11.8 Å². The Kier molecular flexibility index (Phi) is 7.10. The maximum absolute atomic E-state index is 13.2. The summed E-state index contributed by atoms with van der Waals surface area (Å²) in [6, 6.07) is 15.3. The first-order valence-corrected chi connectivity index (χ1v) is 8.48. The fourth-order valence-electron chi connectivity index (χ4n) is 2.76. The largest absolute Gasteiger partial charge is 0.497 e. The molecule has 2 aromatic carbocycles. The summed E-state index contributed by atoms with van der Waals surface area (Å²) in [7, 11) is 3.41. The van der Waals surface area contributed by atoms with Crippen molar-refractivity contribution in [2.75, 3.05) is 20.7 Å². The first-order valence-electron chi connectivity index (χ1n) is 8.48. The maximum Gasteiger partial charge on any atom is 0.435 e. The van der Waals surface area contributed by atoms with E-state index >= 15 is 0 Å². The van der Waals surface area contributed by atoms with E-state index in [9.17, 15) is 13.2 Å². The van der Waals surface area contributed by atoms with E-state index in [1.54, 1.807) is 24.3 Å². The molecule has 0 aliphatic carbocycles. The highest BCUT2D eigenvalue weighted by Crippen LogP contribution is 2.33. The summed E-state index contributed by atoms with van der Waals surface area (Å²) in [5, 5.41) is 6.87. The van der Waals surface area contributed by atoms with Crippen LogP contribution in [0, 0.1) is 0 Å². The third-order valence-corrected chi connectivity index (χ3v) is 4.23. The Labute approximate surface area is 167 Å². The van der Waals surface area contributed by atoms with Crippen molar-refractivity contribution in [1.82, 2.24) is 15.1 Å². The van der Waals surface area contributed by atoms with Gasteiger partial charge in [0.2, 0.25) is 0 Å². The second kappa shape index (κ2) is 9.12. The van der Waals surface area contributed by atoms with Gasteiger partial charge in [0.05, 0.1) is 18.5 Å². The molecule has 0 spiro atoms. The topological polar surface area (TPSA) is 39.1 Å². The minimum Gasteiger partial charge on any atom is -0.497 e. The molecule has 0 radical (unpaired) electrons. The first kappa shape index (κ1) is 21.8. The Balaban J connectivity index is 0.00000280. The smallest absolute Gasteiger partial charge is 0.435 e. The van der Waals surface area contributed by atoms with E-state index in [4.69, 9.17) is 4.74 Å². The molecule has 4 nitrogen and oxygen atoms in total. The first-order chi connectivity index (χ1) is 12.9. The van der Waals surface area contributed by atoms with Gasteiger partial charge in [0.15, 0.2) is 5.69 Å². The third kappa shape index (κ3) is 4.85. The Morgan fingerprint density at radius 3 is 2.21 bits per heavy atom. The molecule has 1 heterocycles. The number of hydrogen-bond acceptors (Lipinski definition) is 3. The second-order valence-electron chi connectivity index (χ2n) is 6.07. The molecule has 8 heteroatoms. The van der Waals surface area contributed by atoms with Gasteiger partial charge in [-0.15, -0.1) is 12.4 Å². The lowest BCUT2D eigenvalue weighted by Crippen LogP contribution is -2.10. The fourth-order valence-corrected chi connectivity index (χ4v) is 2.76. The van der Waals surface area contributed by atoms with Crippen LogP contribution >= 0.6 is 12.4 Å². The van der Waals surface area contributed by atoms with E-state index in [2.05, 4.69) is 10.4 Å². The van der Waals surface area contributed by atoms with Crippen LogP contribution in [0.4, 0.5) is 13.2 Å². The molecule has 1 N–H and O–H groups in total. The minimum atomic E-state index is -4.51. The molecule has 150 valence electrons. The molecule has 0 saturated heterocycles. The van der Waals surface area contributed by atoms with Crippen molar-refractivity contribution in [3.8, 4) is 22.7 Å². The number of methoxy groups -OCH3 is 1. The van der Waals surface area contributed by atoms with E-state index in [0.29, 0.717) is 22.7 Å². The number of rotatable bonds is 6. The standard InChI is InChI=1S/C20H20F3N3O.ClH/c1-24-12-11-14-3-5-15(6-4-14)18-13-19(20(21,22)23)25-26(18)16-7-9-17(27-2)10-8-16;/h3-10,13,24H,11-12H2,1-2H3;1H. The highest BCUT2D eigenvalue weighted by molar-refractivity contribution is 5.85. The Bertz CT molecular complexity index is 891. The van der Waals surface area contributed by atoms with E-state index in [1.807, 2.05) is 31.3 Å². The fraction of sp³-hybridized carbons (Fsp3) is 0.250. The van der Waals surface area contributed by atoms with Crippen LogP contribution < -0.4 is 10.1 Å². The molecule has 0 atom stereocenters. The summed E-state index contributed by atoms with van der Waals surface area (Å²) in [6.45, 7) is 0.835. The van der Waals surface area contributed by atoms with Gasteiger partial charge in [0, 0.05) is 5.56 Å². The van der Waals surface area contributed by atoms with E-state index < -0.39 is 11.9 Å². The Morgan fingerprint density at radius 2 is 1.68 bits per heavy atom. The lowest BCUT2D eigenvalue weighted by atomic mass is 10.1. The number of benzene rings is 2. The average Bonchev–Trinajstić information content (AvgIpc) is 3.13. The number of nitrogens with one attached hydrogen (secondary N) is 1. The number of ether oxygens (including phenoxy) is 1. The molecule has 0 fully saturated rings. The summed E-state index contributed by atoms with van der Waals surface area (Å²) in [5.74, 6) is 0.623. The molecule has 0 saturated carbocycles. The van der Waals surface area contributed by atoms with Gasteiger partial charge in [-0.25, -0.2) is 4.68 Å². The highest BCUT2D eigenvalue weighted by atomic mass is 35.5. The van der Waals surface area contributed by atoms with Gasteiger partial charge in [-0.1, -0.05) is 24.3 Å². The van der Waals surface area contributed by atoms with Gasteiger partial charge in [-0.3, -0.25) is 0 Å². The number of alkyl halides is 3. The highest BCUT2D eigenvalue weighted by Gasteiger charge is 2.35. The number of likely N-dealkylation sites (N-methyl/N-ethyl adjacent to an activating group) is 1. The van der Waals surface area contributed by atoms with Crippen molar-refractivity contribution >= 4 is 12.4 Å². The number of hydrogen-bond donors (Lipinski definition) is 1. The zero-order chi connectivity index (χ0) is 19.4. The summed E-state index contributed by atoms with van der Waals surface area (Å²) in [5.41, 5.74) is 1.77. The Hall–Kier alpha value is -2.51. The molecule has 1 aromatic heterocycles. The quantitative estimate of drug-likeness (QED) is 0.636. The van der Waals surface area contributed by atoms with Gasteiger partial charge in [0.1, 0.15) is 5.75 Å². The second-order valence-corrected chi connectivity index (χ2v) is 6.07. The van der Waals surface area contributed by atoms with Crippen molar-refractivity contribution in [2.45, 2.75) is 12.6 Å². The summed E-state index contributed by atoms with van der Waals surface area (Å²) in [4.78, 5) is 0. The molecule has 0 amide bonds. The van der Waals surface area contributed by atoms with Crippen LogP contribution in [-0.2, 0) is 12.6 Å². The van der Waals surface area contributed by atoms with Crippen LogP contribution in [0.1, 0.15) is 11.3 Å².